The fourth-order valence-electron chi connectivity index (χ4n) is 2.77. The summed E-state index contributed by atoms with van der Waals surface area (Å²) in [4.78, 5) is 24.6. The molecule has 1 heterocycles. The summed E-state index contributed by atoms with van der Waals surface area (Å²) in [5, 5.41) is 10.9. The Kier molecular flexibility index (Phi) is 3.58. The zero-order valence-corrected chi connectivity index (χ0v) is 13.9. The number of carbonyl (C=O) groups is 2. The Labute approximate surface area is 139 Å². The first kappa shape index (κ1) is 16.4. The van der Waals surface area contributed by atoms with Crippen molar-refractivity contribution in [1.29, 1.82) is 0 Å². The summed E-state index contributed by atoms with van der Waals surface area (Å²) >= 11 is 0. The summed E-state index contributed by atoms with van der Waals surface area (Å²) in [5.74, 6) is -1.78. The first-order chi connectivity index (χ1) is 11.2. The van der Waals surface area contributed by atoms with Gasteiger partial charge in [0.1, 0.15) is 0 Å². The number of ketones is 1. The third-order valence-electron chi connectivity index (χ3n) is 4.06. The fourth-order valence-corrected chi connectivity index (χ4v) is 4.35. The standard InChI is InChI=1S/C17H15NO5S/c1-11-7-9-13(10-8-11)24(22,23)18-16(20)14-5-3-4-6-15(14)17(18,21)12(2)19/h3-10,21H,1-2H3. The van der Waals surface area contributed by atoms with Gasteiger partial charge in [-0.15, -0.1) is 0 Å². The second-order valence-electron chi connectivity index (χ2n) is 5.66. The van der Waals surface area contributed by atoms with E-state index < -0.39 is 27.4 Å². The summed E-state index contributed by atoms with van der Waals surface area (Å²) in [6.07, 6.45) is 0. The molecular weight excluding hydrogens is 330 g/mol. The first-order valence-corrected chi connectivity index (χ1v) is 8.64. The Balaban J connectivity index is 2.25. The number of fused-ring (bicyclic) bond motifs is 1. The van der Waals surface area contributed by atoms with Gasteiger partial charge in [-0.05, 0) is 32.0 Å². The van der Waals surface area contributed by atoms with Gasteiger partial charge in [0.05, 0.1) is 4.90 Å². The average molecular weight is 345 g/mol. The van der Waals surface area contributed by atoms with Crippen molar-refractivity contribution in [2.75, 3.05) is 0 Å². The van der Waals surface area contributed by atoms with E-state index in [1.807, 2.05) is 0 Å². The number of Topliss-reactive ketones (excluding diaryl/α,β-unsaturated/α-hetero) is 1. The van der Waals surface area contributed by atoms with Crippen molar-refractivity contribution in [3.8, 4) is 0 Å². The van der Waals surface area contributed by atoms with E-state index in [1.165, 1.54) is 30.3 Å². The lowest BCUT2D eigenvalue weighted by molar-refractivity contribution is -0.145. The highest BCUT2D eigenvalue weighted by Gasteiger charge is 2.57. The minimum Gasteiger partial charge on any atom is -0.360 e. The molecule has 0 spiro atoms. The molecule has 1 amide bonds. The molecule has 1 atom stereocenters. The van der Waals surface area contributed by atoms with Gasteiger partial charge in [0, 0.05) is 11.1 Å². The predicted molar refractivity (Wildman–Crippen MR) is 85.6 cm³/mol. The Morgan fingerprint density at radius 3 is 2.25 bits per heavy atom. The molecule has 0 saturated carbocycles. The van der Waals surface area contributed by atoms with Gasteiger partial charge in [0.15, 0.2) is 5.78 Å². The van der Waals surface area contributed by atoms with Crippen molar-refractivity contribution in [3.63, 3.8) is 0 Å². The van der Waals surface area contributed by atoms with Gasteiger partial charge in [0.2, 0.25) is 5.72 Å². The van der Waals surface area contributed by atoms with E-state index in [2.05, 4.69) is 0 Å². The number of hydrogen-bond donors (Lipinski definition) is 1. The highest BCUT2D eigenvalue weighted by molar-refractivity contribution is 7.89. The van der Waals surface area contributed by atoms with Crippen molar-refractivity contribution < 1.29 is 23.1 Å². The van der Waals surface area contributed by atoms with Crippen molar-refractivity contribution in [2.45, 2.75) is 24.5 Å². The Morgan fingerprint density at radius 2 is 1.67 bits per heavy atom. The number of aliphatic hydroxyl groups is 1. The average Bonchev–Trinajstić information content (AvgIpc) is 2.78. The molecular formula is C17H15NO5S. The molecule has 1 N–H and O–H groups in total. The molecule has 0 aromatic heterocycles. The summed E-state index contributed by atoms with van der Waals surface area (Å²) in [6.45, 7) is 2.84. The number of carbonyl (C=O) groups excluding carboxylic acids is 2. The lowest BCUT2D eigenvalue weighted by Crippen LogP contribution is -2.51. The van der Waals surface area contributed by atoms with Crippen molar-refractivity contribution in [2.24, 2.45) is 0 Å². The summed E-state index contributed by atoms with van der Waals surface area (Å²) < 4.78 is 26.2. The lowest BCUT2D eigenvalue weighted by Gasteiger charge is -2.31. The summed E-state index contributed by atoms with van der Waals surface area (Å²) in [5.41, 5.74) is -1.74. The van der Waals surface area contributed by atoms with Crippen LogP contribution in [0.15, 0.2) is 53.4 Å². The zero-order chi connectivity index (χ0) is 17.7. The van der Waals surface area contributed by atoms with Gasteiger partial charge in [0.25, 0.3) is 15.9 Å². The van der Waals surface area contributed by atoms with Gasteiger partial charge >= 0.3 is 0 Å². The van der Waals surface area contributed by atoms with Crippen LogP contribution in [0.5, 0.6) is 0 Å². The van der Waals surface area contributed by atoms with E-state index in [4.69, 9.17) is 0 Å². The molecule has 1 unspecified atom stereocenters. The van der Waals surface area contributed by atoms with E-state index in [1.54, 1.807) is 25.1 Å². The van der Waals surface area contributed by atoms with E-state index >= 15 is 0 Å². The number of amides is 1. The number of rotatable bonds is 3. The Hall–Kier alpha value is -2.51. The van der Waals surface area contributed by atoms with E-state index in [0.717, 1.165) is 12.5 Å². The third kappa shape index (κ3) is 2.09. The quantitative estimate of drug-likeness (QED) is 0.912. The number of sulfonamides is 1. The van der Waals surface area contributed by atoms with Crippen LogP contribution in [0, 0.1) is 6.92 Å². The SMILES string of the molecule is CC(=O)C1(O)c2ccccc2C(=O)N1S(=O)(=O)c1ccc(C)cc1. The van der Waals surface area contributed by atoms with Crippen LogP contribution in [-0.4, -0.2) is 29.5 Å². The normalized spacial score (nSPS) is 20.1. The molecule has 2 aromatic rings. The van der Waals surface area contributed by atoms with Crippen LogP contribution in [0.3, 0.4) is 0 Å². The molecule has 124 valence electrons. The maximum absolute atomic E-state index is 12.9. The smallest absolute Gasteiger partial charge is 0.271 e. The van der Waals surface area contributed by atoms with E-state index in [9.17, 15) is 23.1 Å². The highest BCUT2D eigenvalue weighted by atomic mass is 32.2. The molecule has 24 heavy (non-hydrogen) atoms. The largest absolute Gasteiger partial charge is 0.360 e. The zero-order valence-electron chi connectivity index (χ0n) is 13.1. The topological polar surface area (TPSA) is 91.8 Å². The number of hydrogen-bond acceptors (Lipinski definition) is 5. The molecule has 0 bridgehead atoms. The van der Waals surface area contributed by atoms with Gasteiger partial charge < -0.3 is 5.11 Å². The van der Waals surface area contributed by atoms with Crippen LogP contribution in [0.25, 0.3) is 0 Å². The lowest BCUT2D eigenvalue weighted by atomic mass is 9.99. The predicted octanol–water partition coefficient (Wildman–Crippen LogP) is 1.57. The minimum absolute atomic E-state index is 0.00844. The van der Waals surface area contributed by atoms with Crippen LogP contribution >= 0.6 is 0 Å². The van der Waals surface area contributed by atoms with Crippen LogP contribution in [0.1, 0.15) is 28.4 Å². The number of aryl methyl sites for hydroxylation is 1. The molecule has 6 nitrogen and oxygen atoms in total. The summed E-state index contributed by atoms with van der Waals surface area (Å²) in [6, 6.07) is 11.7. The summed E-state index contributed by atoms with van der Waals surface area (Å²) in [7, 11) is -4.41. The van der Waals surface area contributed by atoms with Crippen LogP contribution in [0.4, 0.5) is 0 Å². The molecule has 1 aliphatic heterocycles. The minimum atomic E-state index is -4.41. The van der Waals surface area contributed by atoms with Crippen LogP contribution in [0.2, 0.25) is 0 Å². The Bertz CT molecular complexity index is 949. The Morgan fingerprint density at radius 1 is 1.08 bits per heavy atom. The molecule has 3 rings (SSSR count). The van der Waals surface area contributed by atoms with Gasteiger partial charge in [-0.1, -0.05) is 35.9 Å². The maximum Gasteiger partial charge on any atom is 0.271 e. The van der Waals surface area contributed by atoms with Gasteiger partial charge in [-0.2, -0.15) is 4.31 Å². The van der Waals surface area contributed by atoms with Crippen LogP contribution in [-0.2, 0) is 20.5 Å². The van der Waals surface area contributed by atoms with Crippen molar-refractivity contribution in [1.82, 2.24) is 4.31 Å². The monoisotopic (exact) mass is 345 g/mol. The molecule has 7 heteroatoms. The molecule has 0 fully saturated rings. The van der Waals surface area contributed by atoms with E-state index in [-0.39, 0.29) is 20.3 Å². The van der Waals surface area contributed by atoms with Crippen molar-refractivity contribution >= 4 is 21.7 Å². The third-order valence-corrected chi connectivity index (χ3v) is 5.84. The second kappa shape index (κ2) is 5.25. The fraction of sp³-hybridized carbons (Fsp3) is 0.176. The van der Waals surface area contributed by atoms with Gasteiger partial charge in [-0.3, -0.25) is 9.59 Å². The maximum atomic E-state index is 12.9. The molecule has 0 saturated heterocycles. The highest BCUT2D eigenvalue weighted by Crippen LogP contribution is 2.41. The molecule has 1 aliphatic rings. The second-order valence-corrected chi connectivity index (χ2v) is 7.45. The molecule has 0 radical (unpaired) electrons. The van der Waals surface area contributed by atoms with E-state index in [0.29, 0.717) is 0 Å². The molecule has 2 aromatic carbocycles. The van der Waals surface area contributed by atoms with Gasteiger partial charge in [-0.25, -0.2) is 8.42 Å². The molecule has 0 aliphatic carbocycles. The first-order valence-electron chi connectivity index (χ1n) is 7.20. The van der Waals surface area contributed by atoms with Crippen molar-refractivity contribution in [3.05, 3.63) is 65.2 Å². The van der Waals surface area contributed by atoms with Crippen LogP contribution < -0.4 is 0 Å². The number of nitrogens with zero attached hydrogens (tertiary/aromatic N) is 1. The number of benzene rings is 2.